The molecule has 326 valence electrons. The first-order chi connectivity index (χ1) is 26.8. The average Bonchev–Trinajstić information content (AvgIpc) is 3.18. The highest BCUT2D eigenvalue weighted by Gasteiger charge is 2.44. The van der Waals surface area contributed by atoms with E-state index in [0.717, 1.165) is 44.9 Å². The Bertz CT molecular complexity index is 890. The van der Waals surface area contributed by atoms with Gasteiger partial charge in [0.05, 0.1) is 25.4 Å². The molecular formula is C45H87NO9. The van der Waals surface area contributed by atoms with Crippen molar-refractivity contribution in [2.45, 2.75) is 255 Å². The minimum absolute atomic E-state index is 0.264. The van der Waals surface area contributed by atoms with E-state index in [4.69, 9.17) is 9.47 Å². The van der Waals surface area contributed by atoms with Gasteiger partial charge in [0.15, 0.2) is 6.29 Å². The van der Waals surface area contributed by atoms with Crippen LogP contribution in [-0.2, 0) is 14.3 Å². The molecular weight excluding hydrogens is 698 g/mol. The standard InChI is InChI=1S/C45H87NO9/c1-3-5-7-9-11-13-15-17-18-19-20-22-24-26-28-30-32-34-39(49)44(53)46-37(36-54-45-43(52)42(51)41(50)40(35-47)55-45)38(48)33-31-29-27-25-23-21-16-14-12-10-8-6-4-2/h23,25,37-43,45,47-52H,3-22,24,26-36H2,1-2H3,(H,46,53)/b25-23-/t37-,38+,39+,40+,41+,42?,43?,45+/m0/s1. The Morgan fingerprint density at radius 3 is 1.49 bits per heavy atom. The number of nitrogens with one attached hydrogen (secondary N) is 1. The summed E-state index contributed by atoms with van der Waals surface area (Å²) in [6.45, 7) is 3.64. The van der Waals surface area contributed by atoms with Crippen LogP contribution in [0.5, 0.6) is 0 Å². The van der Waals surface area contributed by atoms with Crippen LogP contribution in [0.2, 0.25) is 0 Å². The lowest BCUT2D eigenvalue weighted by Gasteiger charge is -2.40. The number of allylic oxidation sites excluding steroid dienone is 2. The topological polar surface area (TPSA) is 169 Å². The van der Waals surface area contributed by atoms with Crippen LogP contribution in [0.25, 0.3) is 0 Å². The Kier molecular flexibility index (Phi) is 34.0. The van der Waals surface area contributed by atoms with Crippen molar-refractivity contribution in [2.75, 3.05) is 13.2 Å². The zero-order valence-electron chi connectivity index (χ0n) is 35.3. The number of aliphatic hydroxyl groups is 6. The summed E-state index contributed by atoms with van der Waals surface area (Å²) in [7, 11) is 0. The zero-order chi connectivity index (χ0) is 40.4. The molecule has 1 amide bonds. The largest absolute Gasteiger partial charge is 0.394 e. The highest BCUT2D eigenvalue weighted by Crippen LogP contribution is 2.23. The Hall–Kier alpha value is -1.11. The lowest BCUT2D eigenvalue weighted by molar-refractivity contribution is -0.302. The van der Waals surface area contributed by atoms with Crippen LogP contribution in [0.15, 0.2) is 12.2 Å². The number of hydrogen-bond donors (Lipinski definition) is 7. The van der Waals surface area contributed by atoms with Crippen molar-refractivity contribution < 1.29 is 44.9 Å². The second-order valence-corrected chi connectivity index (χ2v) is 16.3. The van der Waals surface area contributed by atoms with Gasteiger partial charge in [-0.3, -0.25) is 4.79 Å². The van der Waals surface area contributed by atoms with Gasteiger partial charge >= 0.3 is 0 Å². The molecule has 7 N–H and O–H groups in total. The third kappa shape index (κ3) is 26.5. The second kappa shape index (κ2) is 36.0. The summed E-state index contributed by atoms with van der Waals surface area (Å²) in [5, 5.41) is 64.7. The second-order valence-electron chi connectivity index (χ2n) is 16.3. The van der Waals surface area contributed by atoms with E-state index < -0.39 is 61.5 Å². The first-order valence-electron chi connectivity index (χ1n) is 23.0. The lowest BCUT2D eigenvalue weighted by atomic mass is 9.99. The molecule has 0 spiro atoms. The van der Waals surface area contributed by atoms with E-state index in [0.29, 0.717) is 12.8 Å². The Morgan fingerprint density at radius 2 is 1.02 bits per heavy atom. The number of aliphatic hydroxyl groups excluding tert-OH is 6. The zero-order valence-corrected chi connectivity index (χ0v) is 35.3. The fraction of sp³-hybridized carbons (Fsp3) is 0.933. The van der Waals surface area contributed by atoms with Gasteiger partial charge in [0.2, 0.25) is 5.91 Å². The summed E-state index contributed by atoms with van der Waals surface area (Å²) < 4.78 is 11.2. The molecule has 55 heavy (non-hydrogen) atoms. The predicted molar refractivity (Wildman–Crippen MR) is 223 cm³/mol. The van der Waals surface area contributed by atoms with Crippen LogP contribution < -0.4 is 5.32 Å². The van der Waals surface area contributed by atoms with Crippen molar-refractivity contribution in [2.24, 2.45) is 0 Å². The van der Waals surface area contributed by atoms with Crippen molar-refractivity contribution >= 4 is 5.91 Å². The summed E-state index contributed by atoms with van der Waals surface area (Å²) in [6, 6.07) is -0.905. The van der Waals surface area contributed by atoms with E-state index in [1.54, 1.807) is 0 Å². The van der Waals surface area contributed by atoms with Crippen molar-refractivity contribution in [1.29, 1.82) is 0 Å². The van der Waals surface area contributed by atoms with Gasteiger partial charge < -0.3 is 45.4 Å². The average molecular weight is 786 g/mol. The van der Waals surface area contributed by atoms with E-state index in [-0.39, 0.29) is 6.61 Å². The van der Waals surface area contributed by atoms with Crippen molar-refractivity contribution in [3.63, 3.8) is 0 Å². The molecule has 0 aromatic heterocycles. The number of ether oxygens (including phenoxy) is 2. The van der Waals surface area contributed by atoms with E-state index in [1.165, 1.54) is 135 Å². The number of carbonyl (C=O) groups excluding carboxylic acids is 1. The van der Waals surface area contributed by atoms with Crippen molar-refractivity contribution in [3.05, 3.63) is 12.2 Å². The van der Waals surface area contributed by atoms with Crippen LogP contribution >= 0.6 is 0 Å². The van der Waals surface area contributed by atoms with Crippen LogP contribution in [0.4, 0.5) is 0 Å². The molecule has 0 aromatic rings. The van der Waals surface area contributed by atoms with Crippen molar-refractivity contribution in [3.8, 4) is 0 Å². The fourth-order valence-corrected chi connectivity index (χ4v) is 7.40. The molecule has 0 bridgehead atoms. The molecule has 0 saturated carbocycles. The Morgan fingerprint density at radius 1 is 0.600 bits per heavy atom. The number of unbranched alkanes of at least 4 members (excludes halogenated alkanes) is 25. The normalized spacial score (nSPS) is 21.9. The first kappa shape index (κ1) is 51.9. The van der Waals surface area contributed by atoms with Gasteiger partial charge in [-0.15, -0.1) is 0 Å². The van der Waals surface area contributed by atoms with Gasteiger partial charge in [0, 0.05) is 0 Å². The highest BCUT2D eigenvalue weighted by atomic mass is 16.7. The number of amides is 1. The predicted octanol–water partition coefficient (Wildman–Crippen LogP) is 8.31. The first-order valence-corrected chi connectivity index (χ1v) is 23.0. The molecule has 10 nitrogen and oxygen atoms in total. The van der Waals surface area contributed by atoms with Crippen LogP contribution in [0, 0.1) is 0 Å². The van der Waals surface area contributed by atoms with Crippen LogP contribution in [0.3, 0.4) is 0 Å². The number of rotatable bonds is 38. The minimum atomic E-state index is -1.60. The lowest BCUT2D eigenvalue weighted by Crippen LogP contribution is -2.60. The highest BCUT2D eigenvalue weighted by molar-refractivity contribution is 5.80. The van der Waals surface area contributed by atoms with E-state index in [1.807, 2.05) is 0 Å². The van der Waals surface area contributed by atoms with E-state index in [2.05, 4.69) is 31.3 Å². The summed E-state index contributed by atoms with van der Waals surface area (Å²) >= 11 is 0. The molecule has 8 atom stereocenters. The molecule has 1 aliphatic rings. The Balaban J connectivity index is 2.39. The maximum Gasteiger partial charge on any atom is 0.249 e. The quantitative estimate of drug-likeness (QED) is 0.0241. The molecule has 10 heteroatoms. The summed E-state index contributed by atoms with van der Waals surface area (Å²) in [6.07, 6.45) is 29.8. The SMILES string of the molecule is CCCCCCCCC/C=C\CCCC[C@@H](O)[C@H](CO[C@@H]1O[C@H](CO)[C@@H](O)C(O)C1O)NC(=O)[C@H](O)CCCCCCCCCCCCCCCCCCC. The van der Waals surface area contributed by atoms with Crippen molar-refractivity contribution in [1.82, 2.24) is 5.32 Å². The number of carbonyl (C=O) groups is 1. The molecule has 1 rings (SSSR count). The van der Waals surface area contributed by atoms with E-state index in [9.17, 15) is 35.4 Å². The molecule has 2 unspecified atom stereocenters. The minimum Gasteiger partial charge on any atom is -0.394 e. The molecule has 1 fully saturated rings. The maximum absolute atomic E-state index is 13.0. The van der Waals surface area contributed by atoms with Gasteiger partial charge in [0.25, 0.3) is 0 Å². The molecule has 0 aliphatic carbocycles. The molecule has 1 heterocycles. The van der Waals surface area contributed by atoms with Gasteiger partial charge in [-0.05, 0) is 38.5 Å². The van der Waals surface area contributed by atoms with Gasteiger partial charge in [-0.2, -0.15) is 0 Å². The van der Waals surface area contributed by atoms with Gasteiger partial charge in [0.1, 0.15) is 30.5 Å². The maximum atomic E-state index is 13.0. The van der Waals surface area contributed by atoms with Gasteiger partial charge in [-0.1, -0.05) is 180 Å². The Labute approximate surface area is 336 Å². The van der Waals surface area contributed by atoms with Crippen LogP contribution in [0.1, 0.15) is 206 Å². The smallest absolute Gasteiger partial charge is 0.249 e. The fourth-order valence-electron chi connectivity index (χ4n) is 7.40. The third-order valence-electron chi connectivity index (χ3n) is 11.2. The molecule has 1 aliphatic heterocycles. The number of hydrogen-bond acceptors (Lipinski definition) is 9. The summed E-state index contributed by atoms with van der Waals surface area (Å²) in [5.74, 6) is -0.591. The van der Waals surface area contributed by atoms with Gasteiger partial charge in [-0.25, -0.2) is 0 Å². The molecule has 1 saturated heterocycles. The molecule has 0 aromatic carbocycles. The third-order valence-corrected chi connectivity index (χ3v) is 11.2. The molecule has 0 radical (unpaired) electrons. The van der Waals surface area contributed by atoms with Crippen LogP contribution in [-0.4, -0.2) is 98.7 Å². The summed E-state index contributed by atoms with van der Waals surface area (Å²) in [4.78, 5) is 13.0. The van der Waals surface area contributed by atoms with E-state index >= 15 is 0 Å². The monoisotopic (exact) mass is 786 g/mol. The summed E-state index contributed by atoms with van der Waals surface area (Å²) in [5.41, 5.74) is 0.